The van der Waals surface area contributed by atoms with Crippen molar-refractivity contribution in [2.75, 3.05) is 6.61 Å². The largest absolute Gasteiger partial charge is 0.483 e. The fourth-order valence-electron chi connectivity index (χ4n) is 2.36. The summed E-state index contributed by atoms with van der Waals surface area (Å²) in [5.41, 5.74) is -1.48. The number of aryl methyl sites for hydroxylation is 1. The Hall–Kier alpha value is -3.49. The number of hydrogen-bond donors (Lipinski definition) is 1. The summed E-state index contributed by atoms with van der Waals surface area (Å²) in [6, 6.07) is -0.985. The van der Waals surface area contributed by atoms with Crippen molar-refractivity contribution in [2.24, 2.45) is 0 Å². The van der Waals surface area contributed by atoms with E-state index in [2.05, 4.69) is 25.0 Å². The van der Waals surface area contributed by atoms with E-state index < -0.39 is 97.8 Å². The highest BCUT2D eigenvalue weighted by molar-refractivity contribution is 5.79. The number of nitrogens with one attached hydrogen (secondary N) is 1. The van der Waals surface area contributed by atoms with Gasteiger partial charge in [0.2, 0.25) is 5.91 Å². The first-order chi connectivity index (χ1) is 18.8. The van der Waals surface area contributed by atoms with Crippen LogP contribution in [-0.4, -0.2) is 33.6 Å². The summed E-state index contributed by atoms with van der Waals surface area (Å²) in [7, 11) is 0. The van der Waals surface area contributed by atoms with E-state index in [1.807, 2.05) is 0 Å². The molecule has 0 bridgehead atoms. The maximum atomic E-state index is 12.7. The van der Waals surface area contributed by atoms with E-state index in [1.54, 1.807) is 0 Å². The van der Waals surface area contributed by atoms with E-state index in [0.717, 1.165) is 0 Å². The molecule has 0 saturated carbocycles. The third-order valence-corrected chi connectivity index (χ3v) is 3.76. The van der Waals surface area contributed by atoms with E-state index in [1.165, 1.54) is 19.1 Å². The Morgan fingerprint density at radius 1 is 1.19 bits per heavy atom. The van der Waals surface area contributed by atoms with Crippen molar-refractivity contribution in [1.82, 2.24) is 20.3 Å². The van der Waals surface area contributed by atoms with Gasteiger partial charge in [0.1, 0.15) is 5.75 Å². The van der Waals surface area contributed by atoms with Crippen LogP contribution in [0.3, 0.4) is 0 Å². The highest BCUT2D eigenvalue weighted by atomic mass is 19.4. The Morgan fingerprint density at radius 2 is 1.94 bits per heavy atom. The number of aromatic nitrogens is 3. The van der Waals surface area contributed by atoms with Crippen LogP contribution >= 0.6 is 0 Å². The van der Waals surface area contributed by atoms with Crippen molar-refractivity contribution in [3.63, 3.8) is 0 Å². The monoisotopic (exact) mass is 440 g/mol. The number of ether oxygens (including phenoxy) is 1. The molecule has 0 saturated heterocycles. The zero-order valence-corrected chi connectivity index (χ0v) is 15.9. The van der Waals surface area contributed by atoms with Crippen LogP contribution in [0.25, 0.3) is 11.3 Å². The first-order valence-corrected chi connectivity index (χ1v) is 8.73. The van der Waals surface area contributed by atoms with Gasteiger partial charge in [-0.15, -0.1) is 0 Å². The molecule has 0 unspecified atom stereocenters. The predicted molar refractivity (Wildman–Crippen MR) is 108 cm³/mol. The van der Waals surface area contributed by atoms with Crippen molar-refractivity contribution in [2.45, 2.75) is 32.4 Å². The number of pyridine rings is 1. The van der Waals surface area contributed by atoms with E-state index in [-0.39, 0.29) is 16.8 Å². The highest BCUT2D eigenvalue weighted by Crippen LogP contribution is 2.21. The van der Waals surface area contributed by atoms with Crippen LogP contribution in [0, 0.1) is 6.85 Å². The molecule has 6 nitrogen and oxygen atoms in total. The molecule has 31 heavy (non-hydrogen) atoms. The quantitative estimate of drug-likeness (QED) is 0.596. The molecule has 2 aromatic heterocycles. The maximum Gasteiger partial charge on any atom is 0.422 e. The van der Waals surface area contributed by atoms with E-state index >= 15 is 0 Å². The Morgan fingerprint density at radius 3 is 2.65 bits per heavy atom. The summed E-state index contributed by atoms with van der Waals surface area (Å²) in [6.45, 7) is -3.27. The molecule has 0 fully saturated rings. The molecule has 0 aliphatic carbocycles. The second kappa shape index (κ2) is 9.55. The molecular weight excluding hydrogens is 409 g/mol. The van der Waals surface area contributed by atoms with Crippen LogP contribution in [0.1, 0.15) is 43.6 Å². The smallest absolute Gasteiger partial charge is 0.422 e. The minimum absolute atomic E-state index is 0.150. The summed E-state index contributed by atoms with van der Waals surface area (Å²) in [5.74, 6) is -1.53. The average Bonchev–Trinajstić information content (AvgIpc) is 2.81. The molecule has 1 amide bonds. The SMILES string of the molecule is [2H]c1cc(CC(=O)N[C@H](C)c2nc([2H])c(OCC(F)(F)F)c([2H])c2[2H])cc([2H])c1-c1nc([2H])c([2H])nc1C([2H])([2H])[2H]. The van der Waals surface area contributed by atoms with Crippen LogP contribution in [0.4, 0.5) is 13.2 Å². The second-order valence-corrected chi connectivity index (χ2v) is 6.23. The van der Waals surface area contributed by atoms with Crippen molar-refractivity contribution in [3.8, 4) is 17.0 Å². The van der Waals surface area contributed by atoms with E-state index in [0.29, 0.717) is 0 Å². The van der Waals surface area contributed by atoms with Gasteiger partial charge in [-0.25, -0.2) is 0 Å². The topological polar surface area (TPSA) is 77.0 Å². The van der Waals surface area contributed by atoms with Gasteiger partial charge >= 0.3 is 6.18 Å². The lowest BCUT2D eigenvalue weighted by Gasteiger charge is -2.14. The number of alkyl halides is 3. The van der Waals surface area contributed by atoms with Gasteiger partial charge in [0.25, 0.3) is 0 Å². The lowest BCUT2D eigenvalue weighted by atomic mass is 10.1. The molecule has 0 radical (unpaired) electrons. The first-order valence-electron chi connectivity index (χ1n) is 13.7. The van der Waals surface area contributed by atoms with E-state index in [9.17, 15) is 18.0 Å². The van der Waals surface area contributed by atoms with Gasteiger partial charge in [0.05, 0.1) is 45.3 Å². The standard InChI is InChI=1S/C22H21F3N4O2/c1-14(19-8-7-18(12-28-19)31-13-22(23,24)25)29-20(30)11-16-3-5-17(6-4-16)21-15(2)26-9-10-27-21/h3-10,12,14H,11,13H2,1-2H3,(H,29,30)/t14-/m1/s1/i2D3,5D,6D,7D,8D,9D,10D,12D. The summed E-state index contributed by atoms with van der Waals surface area (Å²) >= 11 is 0. The number of hydrogen-bond acceptors (Lipinski definition) is 5. The fraction of sp³-hybridized carbons (Fsp3) is 0.273. The van der Waals surface area contributed by atoms with Gasteiger partial charge in [-0.05, 0) is 31.4 Å². The molecule has 1 N–H and O–H groups in total. The molecule has 3 rings (SSSR count). The van der Waals surface area contributed by atoms with Crippen LogP contribution in [-0.2, 0) is 11.2 Å². The molecule has 9 heteroatoms. The molecule has 1 aromatic carbocycles. The van der Waals surface area contributed by atoms with E-state index in [4.69, 9.17) is 13.7 Å². The molecule has 0 aliphatic rings. The normalized spacial score (nSPS) is 17.3. The summed E-state index contributed by atoms with van der Waals surface area (Å²) in [4.78, 5) is 23.8. The van der Waals surface area contributed by atoms with Crippen LogP contribution in [0.5, 0.6) is 5.75 Å². The summed E-state index contributed by atoms with van der Waals surface area (Å²) < 4.78 is 121. The Balaban J connectivity index is 1.84. The molecular formula is C22H21F3N4O2. The van der Waals surface area contributed by atoms with Crippen molar-refractivity contribution >= 4 is 5.91 Å². The number of halogens is 3. The van der Waals surface area contributed by atoms with Crippen molar-refractivity contribution in [1.29, 1.82) is 0 Å². The van der Waals surface area contributed by atoms with Crippen molar-refractivity contribution < 1.29 is 36.4 Å². The Labute approximate surface area is 191 Å². The zero-order chi connectivity index (χ0) is 31.0. The molecule has 3 aromatic rings. The fourth-order valence-corrected chi connectivity index (χ4v) is 2.36. The summed E-state index contributed by atoms with van der Waals surface area (Å²) in [5, 5.41) is 2.47. The number of benzene rings is 1. The van der Waals surface area contributed by atoms with Gasteiger partial charge in [-0.1, -0.05) is 24.2 Å². The minimum atomic E-state index is -4.74. The molecule has 2 heterocycles. The third-order valence-electron chi connectivity index (χ3n) is 3.76. The number of carbonyl (C=O) groups is 1. The average molecular weight is 440 g/mol. The van der Waals surface area contributed by atoms with Crippen molar-refractivity contribution in [3.05, 3.63) is 71.8 Å². The third kappa shape index (κ3) is 6.50. The lowest BCUT2D eigenvalue weighted by molar-refractivity contribution is -0.153. The highest BCUT2D eigenvalue weighted by Gasteiger charge is 2.28. The van der Waals surface area contributed by atoms with Gasteiger partial charge in [-0.2, -0.15) is 13.2 Å². The molecule has 1 atom stereocenters. The Kier molecular flexibility index (Phi) is 3.81. The molecule has 0 spiro atoms. The maximum absolute atomic E-state index is 12.7. The molecule has 0 aliphatic heterocycles. The van der Waals surface area contributed by atoms with Gasteiger partial charge in [0, 0.05) is 22.0 Å². The van der Waals surface area contributed by atoms with Crippen LogP contribution in [0.2, 0.25) is 0 Å². The summed E-state index contributed by atoms with van der Waals surface area (Å²) in [6.07, 6.45) is -7.31. The molecule has 162 valence electrons. The van der Waals surface area contributed by atoms with Gasteiger partial charge in [0.15, 0.2) is 6.61 Å². The van der Waals surface area contributed by atoms with Gasteiger partial charge in [-0.3, -0.25) is 19.7 Å². The predicted octanol–water partition coefficient (Wildman–Crippen LogP) is 4.21. The van der Waals surface area contributed by atoms with Gasteiger partial charge < -0.3 is 10.1 Å². The van der Waals surface area contributed by atoms with Crippen LogP contribution in [0.15, 0.2) is 54.8 Å². The lowest BCUT2D eigenvalue weighted by Crippen LogP contribution is -2.28. The minimum Gasteiger partial charge on any atom is -0.483 e. The number of amides is 1. The zero-order valence-electron chi connectivity index (χ0n) is 25.9. The number of rotatable bonds is 7. The Bertz CT molecular complexity index is 1480. The number of nitrogens with zero attached hydrogens (tertiary/aromatic N) is 3. The number of carbonyl (C=O) groups excluding carboxylic acids is 1. The second-order valence-electron chi connectivity index (χ2n) is 6.23. The van der Waals surface area contributed by atoms with Crippen LogP contribution < -0.4 is 10.1 Å². The first kappa shape index (κ1) is 12.4.